The Bertz CT molecular complexity index is 1180. The predicted octanol–water partition coefficient (Wildman–Crippen LogP) is 5.94. The zero-order valence-corrected chi connectivity index (χ0v) is 20.4. The number of para-hydroxylation sites is 3. The summed E-state index contributed by atoms with van der Waals surface area (Å²) in [7, 11) is 1.62. The molecule has 174 valence electrons. The van der Waals surface area contributed by atoms with Crippen LogP contribution >= 0.6 is 24.0 Å². The highest BCUT2D eigenvalue weighted by atomic mass is 32.2. The van der Waals surface area contributed by atoms with Gasteiger partial charge >= 0.3 is 0 Å². The maximum absolute atomic E-state index is 13.0. The fourth-order valence-corrected chi connectivity index (χ4v) is 4.68. The Balaban J connectivity index is 1.35. The van der Waals surface area contributed by atoms with Crippen LogP contribution in [0.3, 0.4) is 0 Å². The lowest BCUT2D eigenvalue weighted by molar-refractivity contribution is -0.122. The van der Waals surface area contributed by atoms with Gasteiger partial charge in [-0.1, -0.05) is 84.6 Å². The Morgan fingerprint density at radius 2 is 1.47 bits per heavy atom. The van der Waals surface area contributed by atoms with Gasteiger partial charge in [0.1, 0.15) is 10.1 Å². The summed E-state index contributed by atoms with van der Waals surface area (Å²) in [6.45, 7) is 1.45. The SMILES string of the molecule is COc1ccccc1OCCCOc1ccccc1/C=C1/SC(=S)N(Cc2ccccc2)C1=O. The number of nitrogens with zero attached hydrogens (tertiary/aromatic N) is 1. The van der Waals surface area contributed by atoms with Gasteiger partial charge in [0.05, 0.1) is 31.8 Å². The van der Waals surface area contributed by atoms with Gasteiger partial charge in [-0.15, -0.1) is 0 Å². The highest BCUT2D eigenvalue weighted by Gasteiger charge is 2.32. The zero-order chi connectivity index (χ0) is 23.8. The highest BCUT2D eigenvalue weighted by molar-refractivity contribution is 8.26. The summed E-state index contributed by atoms with van der Waals surface area (Å²) in [6.07, 6.45) is 2.55. The summed E-state index contributed by atoms with van der Waals surface area (Å²) < 4.78 is 17.7. The molecule has 1 aliphatic rings. The third-order valence-corrected chi connectivity index (χ3v) is 6.51. The maximum Gasteiger partial charge on any atom is 0.266 e. The third kappa shape index (κ3) is 5.98. The van der Waals surface area contributed by atoms with E-state index in [1.165, 1.54) is 11.8 Å². The summed E-state index contributed by atoms with van der Waals surface area (Å²) in [5, 5.41) is 0. The lowest BCUT2D eigenvalue weighted by Crippen LogP contribution is -2.27. The molecule has 0 bridgehead atoms. The molecule has 0 spiro atoms. The smallest absolute Gasteiger partial charge is 0.266 e. The van der Waals surface area contributed by atoms with Gasteiger partial charge in [-0.25, -0.2) is 0 Å². The Morgan fingerprint density at radius 1 is 0.853 bits per heavy atom. The predicted molar refractivity (Wildman–Crippen MR) is 140 cm³/mol. The summed E-state index contributed by atoms with van der Waals surface area (Å²) in [5.41, 5.74) is 1.88. The Labute approximate surface area is 209 Å². The van der Waals surface area contributed by atoms with Crippen molar-refractivity contribution in [3.05, 3.63) is 94.9 Å². The first-order valence-corrected chi connectivity index (χ1v) is 12.1. The number of carbonyl (C=O) groups excluding carboxylic acids is 1. The fourth-order valence-electron chi connectivity index (χ4n) is 3.44. The lowest BCUT2D eigenvalue weighted by Gasteiger charge is -2.14. The average molecular weight is 492 g/mol. The number of hydrogen-bond acceptors (Lipinski definition) is 6. The van der Waals surface area contributed by atoms with E-state index in [2.05, 4.69) is 0 Å². The minimum Gasteiger partial charge on any atom is -0.493 e. The second-order valence-electron chi connectivity index (χ2n) is 7.49. The molecule has 0 aliphatic carbocycles. The van der Waals surface area contributed by atoms with Gasteiger partial charge in [-0.3, -0.25) is 9.69 Å². The molecule has 1 saturated heterocycles. The summed E-state index contributed by atoms with van der Waals surface area (Å²) in [5.74, 6) is 2.05. The Kier molecular flexibility index (Phi) is 8.22. The molecule has 4 rings (SSSR count). The van der Waals surface area contributed by atoms with E-state index in [-0.39, 0.29) is 5.91 Å². The molecule has 0 saturated carbocycles. The first kappa shape index (κ1) is 23.9. The summed E-state index contributed by atoms with van der Waals surface area (Å²) in [6, 6.07) is 25.1. The van der Waals surface area contributed by atoms with Crippen molar-refractivity contribution in [3.63, 3.8) is 0 Å². The minimum absolute atomic E-state index is 0.0844. The number of carbonyl (C=O) groups is 1. The molecule has 34 heavy (non-hydrogen) atoms. The van der Waals surface area contributed by atoms with Gasteiger partial charge in [0.25, 0.3) is 5.91 Å². The van der Waals surface area contributed by atoms with Crippen LogP contribution in [0, 0.1) is 0 Å². The third-order valence-electron chi connectivity index (χ3n) is 5.14. The van der Waals surface area contributed by atoms with E-state index in [0.717, 1.165) is 11.1 Å². The van der Waals surface area contributed by atoms with Gasteiger partial charge in [-0.05, 0) is 29.8 Å². The standard InChI is InChI=1S/C27H25NO4S2/c1-30-23-14-7-8-15-24(23)32-17-9-16-31-22-13-6-5-12-21(22)18-25-26(29)28(27(33)34-25)19-20-10-3-2-4-11-20/h2-8,10-15,18H,9,16-17,19H2,1H3/b25-18+. The number of hydrogen-bond donors (Lipinski definition) is 0. The van der Waals surface area contributed by atoms with E-state index in [9.17, 15) is 4.79 Å². The van der Waals surface area contributed by atoms with E-state index in [1.807, 2.05) is 84.9 Å². The van der Waals surface area contributed by atoms with Crippen LogP contribution in [-0.4, -0.2) is 35.5 Å². The number of thiocarbonyl (C=S) groups is 1. The van der Waals surface area contributed by atoms with Crippen LogP contribution in [0.2, 0.25) is 0 Å². The highest BCUT2D eigenvalue weighted by Crippen LogP contribution is 2.35. The van der Waals surface area contributed by atoms with E-state index >= 15 is 0 Å². The van der Waals surface area contributed by atoms with Crippen LogP contribution in [-0.2, 0) is 11.3 Å². The molecule has 0 aromatic heterocycles. The summed E-state index contributed by atoms with van der Waals surface area (Å²) >= 11 is 6.79. The second-order valence-corrected chi connectivity index (χ2v) is 9.17. The monoisotopic (exact) mass is 491 g/mol. The van der Waals surface area contributed by atoms with Crippen molar-refractivity contribution in [2.75, 3.05) is 20.3 Å². The number of thioether (sulfide) groups is 1. The second kappa shape index (κ2) is 11.7. The van der Waals surface area contributed by atoms with Crippen molar-refractivity contribution >= 4 is 40.3 Å². The van der Waals surface area contributed by atoms with Crippen LogP contribution < -0.4 is 14.2 Å². The molecule has 5 nitrogen and oxygen atoms in total. The van der Waals surface area contributed by atoms with E-state index in [1.54, 1.807) is 12.0 Å². The fraction of sp³-hybridized carbons (Fsp3) is 0.185. The molecule has 7 heteroatoms. The molecule has 1 amide bonds. The average Bonchev–Trinajstić information content (AvgIpc) is 3.13. The molecule has 1 heterocycles. The molecular formula is C27H25NO4S2. The molecule has 3 aromatic rings. The largest absolute Gasteiger partial charge is 0.493 e. The van der Waals surface area contributed by atoms with Crippen molar-refractivity contribution in [3.8, 4) is 17.2 Å². The number of rotatable bonds is 10. The molecule has 0 atom stereocenters. The van der Waals surface area contributed by atoms with Crippen molar-refractivity contribution in [2.24, 2.45) is 0 Å². The van der Waals surface area contributed by atoms with Gasteiger partial charge in [0, 0.05) is 12.0 Å². The zero-order valence-electron chi connectivity index (χ0n) is 18.8. The number of amides is 1. The number of ether oxygens (including phenoxy) is 3. The maximum atomic E-state index is 13.0. The lowest BCUT2D eigenvalue weighted by atomic mass is 10.1. The van der Waals surface area contributed by atoms with Crippen molar-refractivity contribution in [1.82, 2.24) is 4.90 Å². The number of benzene rings is 3. The van der Waals surface area contributed by atoms with Crippen LogP contribution in [0.25, 0.3) is 6.08 Å². The molecule has 0 radical (unpaired) electrons. The van der Waals surface area contributed by atoms with Gasteiger partial charge in [0.2, 0.25) is 0 Å². The van der Waals surface area contributed by atoms with Gasteiger partial charge < -0.3 is 14.2 Å². The van der Waals surface area contributed by atoms with E-state index < -0.39 is 0 Å². The van der Waals surface area contributed by atoms with Gasteiger partial charge in [0.15, 0.2) is 11.5 Å². The van der Waals surface area contributed by atoms with Crippen LogP contribution in [0.4, 0.5) is 0 Å². The molecule has 0 N–H and O–H groups in total. The minimum atomic E-state index is -0.0844. The first-order valence-electron chi connectivity index (χ1n) is 10.9. The normalized spacial score (nSPS) is 14.5. The van der Waals surface area contributed by atoms with Gasteiger partial charge in [-0.2, -0.15) is 0 Å². The topological polar surface area (TPSA) is 48.0 Å². The molecular weight excluding hydrogens is 466 g/mol. The quantitative estimate of drug-likeness (QED) is 0.199. The molecule has 1 fully saturated rings. The van der Waals surface area contributed by atoms with Crippen molar-refractivity contribution < 1.29 is 19.0 Å². The van der Waals surface area contributed by atoms with E-state index in [0.29, 0.717) is 52.7 Å². The van der Waals surface area contributed by atoms with Crippen LogP contribution in [0.5, 0.6) is 17.2 Å². The van der Waals surface area contributed by atoms with Crippen LogP contribution in [0.1, 0.15) is 17.5 Å². The Morgan fingerprint density at radius 3 is 2.21 bits per heavy atom. The number of methoxy groups -OCH3 is 1. The summed E-state index contributed by atoms with van der Waals surface area (Å²) in [4.78, 5) is 15.2. The van der Waals surface area contributed by atoms with Crippen molar-refractivity contribution in [1.29, 1.82) is 0 Å². The molecule has 3 aromatic carbocycles. The first-order chi connectivity index (χ1) is 16.7. The Hall–Kier alpha value is -3.29. The molecule has 0 unspecified atom stereocenters. The van der Waals surface area contributed by atoms with Crippen molar-refractivity contribution in [2.45, 2.75) is 13.0 Å². The molecule has 1 aliphatic heterocycles. The van der Waals surface area contributed by atoms with Crippen LogP contribution in [0.15, 0.2) is 83.8 Å². The van der Waals surface area contributed by atoms with E-state index in [4.69, 9.17) is 26.4 Å².